The van der Waals surface area contributed by atoms with Crippen LogP contribution in [0.15, 0.2) is 0 Å². The van der Waals surface area contributed by atoms with Crippen LogP contribution in [0, 0.1) is 10.5 Å². The Morgan fingerprint density at radius 2 is 2.33 bits per heavy atom. The van der Waals surface area contributed by atoms with Gasteiger partial charge in [0.1, 0.15) is 0 Å². The summed E-state index contributed by atoms with van der Waals surface area (Å²) < 4.78 is 2.22. The molecule has 0 atom stereocenters. The summed E-state index contributed by atoms with van der Waals surface area (Å²) in [6.45, 7) is 4.26. The average molecular weight is 280 g/mol. The van der Waals surface area contributed by atoms with Gasteiger partial charge in [0.25, 0.3) is 0 Å². The normalized spacial score (nSPS) is 10.2. The number of carboxylic acids is 1. The third kappa shape index (κ3) is 1.45. The molecule has 1 rings (SSSR count). The van der Waals surface area contributed by atoms with Crippen LogP contribution in [0.4, 0.5) is 0 Å². The van der Waals surface area contributed by atoms with E-state index in [9.17, 15) is 4.79 Å². The number of aromatic carboxylic acids is 1. The van der Waals surface area contributed by atoms with Gasteiger partial charge in [-0.15, -0.1) is 0 Å². The van der Waals surface area contributed by atoms with Crippen LogP contribution in [0.5, 0.6) is 0 Å². The Morgan fingerprint density at radius 3 is 2.67 bits per heavy atom. The predicted octanol–water partition coefficient (Wildman–Crippen LogP) is 1.51. The maximum atomic E-state index is 10.7. The molecule has 1 aromatic heterocycles. The van der Waals surface area contributed by atoms with Crippen molar-refractivity contribution in [3.63, 3.8) is 0 Å². The fourth-order valence-corrected chi connectivity index (χ4v) is 1.61. The molecule has 1 aromatic rings. The fourth-order valence-electron chi connectivity index (χ4n) is 0.993. The molecule has 1 heterocycles. The standard InChI is InChI=1S/C7H9IN2O2/c1-3-10-6(7(11)12)5(8)4(2)9-10/h3H2,1-2H3,(H,11,12). The van der Waals surface area contributed by atoms with Crippen molar-refractivity contribution in [1.29, 1.82) is 0 Å². The van der Waals surface area contributed by atoms with E-state index in [2.05, 4.69) is 5.10 Å². The maximum Gasteiger partial charge on any atom is 0.355 e. The quantitative estimate of drug-likeness (QED) is 0.835. The summed E-state index contributed by atoms with van der Waals surface area (Å²) in [5, 5.41) is 12.9. The fraction of sp³-hybridized carbons (Fsp3) is 0.429. The van der Waals surface area contributed by atoms with Crippen molar-refractivity contribution in [2.24, 2.45) is 0 Å². The molecule has 0 aliphatic rings. The number of rotatable bonds is 2. The SMILES string of the molecule is CCn1nc(C)c(I)c1C(=O)O. The summed E-state index contributed by atoms with van der Waals surface area (Å²) in [7, 11) is 0. The van der Waals surface area contributed by atoms with Gasteiger partial charge in [0.05, 0.1) is 9.26 Å². The van der Waals surface area contributed by atoms with Crippen molar-refractivity contribution < 1.29 is 9.90 Å². The van der Waals surface area contributed by atoms with Crippen molar-refractivity contribution >= 4 is 28.6 Å². The lowest BCUT2D eigenvalue weighted by Gasteiger charge is -1.98. The summed E-state index contributed by atoms with van der Waals surface area (Å²) in [6.07, 6.45) is 0. The van der Waals surface area contributed by atoms with Crippen LogP contribution in [-0.4, -0.2) is 20.9 Å². The minimum absolute atomic E-state index is 0.288. The Morgan fingerprint density at radius 1 is 1.75 bits per heavy atom. The lowest BCUT2D eigenvalue weighted by molar-refractivity contribution is 0.0682. The zero-order valence-corrected chi connectivity index (χ0v) is 8.99. The molecule has 0 amide bonds. The lowest BCUT2D eigenvalue weighted by Crippen LogP contribution is -2.09. The predicted molar refractivity (Wildman–Crippen MR) is 52.3 cm³/mol. The van der Waals surface area contributed by atoms with Gasteiger partial charge in [0, 0.05) is 6.54 Å². The number of carboxylic acid groups (broad SMARTS) is 1. The lowest BCUT2D eigenvalue weighted by atomic mass is 10.4. The molecular weight excluding hydrogens is 271 g/mol. The first-order valence-corrected chi connectivity index (χ1v) is 4.62. The Labute approximate surface area is 83.7 Å². The number of aryl methyl sites for hydroxylation is 2. The third-order valence-electron chi connectivity index (χ3n) is 1.56. The van der Waals surface area contributed by atoms with Crippen LogP contribution in [0.2, 0.25) is 0 Å². The van der Waals surface area contributed by atoms with Gasteiger partial charge in [0.2, 0.25) is 0 Å². The zero-order valence-electron chi connectivity index (χ0n) is 6.83. The largest absolute Gasteiger partial charge is 0.476 e. The van der Waals surface area contributed by atoms with E-state index in [-0.39, 0.29) is 5.69 Å². The first kappa shape index (κ1) is 9.50. The zero-order chi connectivity index (χ0) is 9.30. The van der Waals surface area contributed by atoms with Gasteiger partial charge in [-0.3, -0.25) is 4.68 Å². The average Bonchev–Trinajstić information content (AvgIpc) is 2.28. The summed E-state index contributed by atoms with van der Waals surface area (Å²) in [4.78, 5) is 10.7. The highest BCUT2D eigenvalue weighted by Gasteiger charge is 2.17. The molecule has 0 bridgehead atoms. The van der Waals surface area contributed by atoms with Crippen molar-refractivity contribution in [3.05, 3.63) is 15.0 Å². The summed E-state index contributed by atoms with van der Waals surface area (Å²) in [6, 6.07) is 0. The van der Waals surface area contributed by atoms with Gasteiger partial charge in [-0.2, -0.15) is 5.10 Å². The number of aromatic nitrogens is 2. The number of hydrogen-bond donors (Lipinski definition) is 1. The van der Waals surface area contributed by atoms with E-state index < -0.39 is 5.97 Å². The van der Waals surface area contributed by atoms with E-state index in [1.54, 1.807) is 6.92 Å². The number of nitrogens with zero attached hydrogens (tertiary/aromatic N) is 2. The smallest absolute Gasteiger partial charge is 0.355 e. The van der Waals surface area contributed by atoms with Crippen LogP contribution in [0.25, 0.3) is 0 Å². The molecule has 0 fully saturated rings. The summed E-state index contributed by atoms with van der Waals surface area (Å²) in [5.74, 6) is -0.915. The maximum absolute atomic E-state index is 10.7. The second kappa shape index (κ2) is 3.42. The molecule has 0 radical (unpaired) electrons. The molecule has 0 spiro atoms. The van der Waals surface area contributed by atoms with E-state index in [0.717, 1.165) is 9.26 Å². The van der Waals surface area contributed by atoms with Gasteiger partial charge in [-0.05, 0) is 36.4 Å². The molecule has 0 unspecified atom stereocenters. The van der Waals surface area contributed by atoms with Gasteiger partial charge in [0.15, 0.2) is 5.69 Å². The van der Waals surface area contributed by atoms with E-state index in [1.165, 1.54) is 4.68 Å². The summed E-state index contributed by atoms with van der Waals surface area (Å²) in [5.41, 5.74) is 1.06. The topological polar surface area (TPSA) is 55.1 Å². The van der Waals surface area contributed by atoms with E-state index in [4.69, 9.17) is 5.11 Å². The van der Waals surface area contributed by atoms with Crippen molar-refractivity contribution in [3.8, 4) is 0 Å². The molecule has 12 heavy (non-hydrogen) atoms. The molecular formula is C7H9IN2O2. The highest BCUT2D eigenvalue weighted by molar-refractivity contribution is 14.1. The second-order valence-corrected chi connectivity index (χ2v) is 3.45. The first-order chi connectivity index (χ1) is 5.57. The molecule has 0 aliphatic heterocycles. The van der Waals surface area contributed by atoms with Gasteiger partial charge in [-0.1, -0.05) is 0 Å². The highest BCUT2D eigenvalue weighted by Crippen LogP contribution is 2.16. The minimum Gasteiger partial charge on any atom is -0.476 e. The molecule has 0 saturated carbocycles. The Kier molecular flexibility index (Phi) is 2.71. The Balaban J connectivity index is 3.31. The van der Waals surface area contributed by atoms with Crippen LogP contribution in [0.3, 0.4) is 0 Å². The van der Waals surface area contributed by atoms with Crippen LogP contribution < -0.4 is 0 Å². The van der Waals surface area contributed by atoms with Gasteiger partial charge < -0.3 is 5.11 Å². The van der Waals surface area contributed by atoms with E-state index in [1.807, 2.05) is 29.5 Å². The van der Waals surface area contributed by atoms with Crippen molar-refractivity contribution in [2.45, 2.75) is 20.4 Å². The molecule has 0 aliphatic carbocycles. The third-order valence-corrected chi connectivity index (χ3v) is 2.85. The van der Waals surface area contributed by atoms with E-state index >= 15 is 0 Å². The van der Waals surface area contributed by atoms with Crippen LogP contribution in [0.1, 0.15) is 23.1 Å². The molecule has 66 valence electrons. The molecule has 5 heteroatoms. The highest BCUT2D eigenvalue weighted by atomic mass is 127. The molecule has 0 saturated heterocycles. The van der Waals surface area contributed by atoms with Crippen LogP contribution in [-0.2, 0) is 6.54 Å². The second-order valence-electron chi connectivity index (χ2n) is 2.37. The Hall–Kier alpha value is -0.590. The van der Waals surface area contributed by atoms with Crippen molar-refractivity contribution in [2.75, 3.05) is 0 Å². The molecule has 0 aromatic carbocycles. The Bertz CT molecular complexity index is 319. The minimum atomic E-state index is -0.915. The first-order valence-electron chi connectivity index (χ1n) is 3.54. The van der Waals surface area contributed by atoms with Gasteiger partial charge >= 0.3 is 5.97 Å². The van der Waals surface area contributed by atoms with E-state index in [0.29, 0.717) is 6.54 Å². The van der Waals surface area contributed by atoms with Crippen molar-refractivity contribution in [1.82, 2.24) is 9.78 Å². The molecule has 4 nitrogen and oxygen atoms in total. The van der Waals surface area contributed by atoms with Gasteiger partial charge in [-0.25, -0.2) is 4.79 Å². The van der Waals surface area contributed by atoms with Crippen LogP contribution >= 0.6 is 22.6 Å². The number of carbonyl (C=O) groups is 1. The summed E-state index contributed by atoms with van der Waals surface area (Å²) >= 11 is 2.00. The number of halogens is 1. The number of hydrogen-bond acceptors (Lipinski definition) is 2. The monoisotopic (exact) mass is 280 g/mol. The molecule has 1 N–H and O–H groups in total.